The van der Waals surface area contributed by atoms with Crippen molar-refractivity contribution in [2.45, 2.75) is 52.1 Å². The van der Waals surface area contributed by atoms with Crippen LogP contribution in [0.25, 0.3) is 11.0 Å². The van der Waals surface area contributed by atoms with Crippen molar-refractivity contribution in [3.63, 3.8) is 0 Å². The van der Waals surface area contributed by atoms with Crippen molar-refractivity contribution >= 4 is 16.7 Å². The highest BCUT2D eigenvalue weighted by Crippen LogP contribution is 2.24. The van der Waals surface area contributed by atoms with Crippen molar-refractivity contribution in [2.24, 2.45) is 5.10 Å². The third-order valence-electron chi connectivity index (χ3n) is 4.19. The van der Waals surface area contributed by atoms with Gasteiger partial charge in [-0.25, -0.2) is 0 Å². The summed E-state index contributed by atoms with van der Waals surface area (Å²) in [5.74, 6) is 0.871. The molecule has 0 spiro atoms. The summed E-state index contributed by atoms with van der Waals surface area (Å²) in [6.07, 6.45) is 3.75. The molecule has 2 aromatic rings. The predicted octanol–water partition coefficient (Wildman–Crippen LogP) is 4.42. The van der Waals surface area contributed by atoms with E-state index < -0.39 is 0 Å². The lowest BCUT2D eigenvalue weighted by Gasteiger charge is -2.37. The molecular weight excluding hydrogens is 248 g/mol. The molecule has 0 saturated carbocycles. The Bertz CT molecular complexity index is 586. The van der Waals surface area contributed by atoms with E-state index in [1.165, 1.54) is 19.3 Å². The van der Waals surface area contributed by atoms with Crippen LogP contribution in [0.5, 0.6) is 0 Å². The van der Waals surface area contributed by atoms with Crippen molar-refractivity contribution in [2.75, 3.05) is 0 Å². The van der Waals surface area contributed by atoms with E-state index in [0.29, 0.717) is 12.1 Å². The summed E-state index contributed by atoms with van der Waals surface area (Å²) in [7, 11) is 0. The Kier molecular flexibility index (Phi) is 3.51. The molecule has 1 aliphatic rings. The zero-order chi connectivity index (χ0) is 14.1. The number of hydrazone groups is 1. The molecule has 0 N–H and O–H groups in total. The third kappa shape index (κ3) is 2.45. The Balaban J connectivity index is 1.90. The number of para-hydroxylation sites is 1. The van der Waals surface area contributed by atoms with Gasteiger partial charge in [0.25, 0.3) is 0 Å². The number of furan rings is 1. The molecular formula is C17H22N2O. The van der Waals surface area contributed by atoms with Crippen LogP contribution in [0.4, 0.5) is 0 Å². The van der Waals surface area contributed by atoms with Crippen LogP contribution in [-0.2, 0) is 0 Å². The van der Waals surface area contributed by atoms with Gasteiger partial charge in [0.15, 0.2) is 5.76 Å². The summed E-state index contributed by atoms with van der Waals surface area (Å²) in [5.41, 5.74) is 1.89. The van der Waals surface area contributed by atoms with Crippen LogP contribution >= 0.6 is 0 Å². The molecule has 0 radical (unpaired) electrons. The van der Waals surface area contributed by atoms with Gasteiger partial charge in [-0.05, 0) is 52.2 Å². The summed E-state index contributed by atoms with van der Waals surface area (Å²) < 4.78 is 5.88. The van der Waals surface area contributed by atoms with Crippen molar-refractivity contribution < 1.29 is 4.42 Å². The smallest absolute Gasteiger partial charge is 0.151 e. The number of piperidine rings is 1. The maximum atomic E-state index is 5.88. The molecule has 0 unspecified atom stereocenters. The van der Waals surface area contributed by atoms with E-state index in [1.807, 2.05) is 25.1 Å². The summed E-state index contributed by atoms with van der Waals surface area (Å²) in [6, 6.07) is 11.2. The average Bonchev–Trinajstić information content (AvgIpc) is 2.87. The van der Waals surface area contributed by atoms with Gasteiger partial charge < -0.3 is 4.42 Å². The van der Waals surface area contributed by atoms with Crippen LogP contribution in [0.1, 0.15) is 45.8 Å². The van der Waals surface area contributed by atoms with Crippen LogP contribution < -0.4 is 0 Å². The molecule has 3 nitrogen and oxygen atoms in total. The molecule has 20 heavy (non-hydrogen) atoms. The normalized spacial score (nSPS) is 24.4. The monoisotopic (exact) mass is 270 g/mol. The Morgan fingerprint density at radius 3 is 2.60 bits per heavy atom. The van der Waals surface area contributed by atoms with Gasteiger partial charge in [-0.2, -0.15) is 5.10 Å². The minimum Gasteiger partial charge on any atom is -0.455 e. The van der Waals surface area contributed by atoms with Gasteiger partial charge in [-0.1, -0.05) is 18.2 Å². The van der Waals surface area contributed by atoms with Crippen molar-refractivity contribution in [3.8, 4) is 0 Å². The lowest BCUT2D eigenvalue weighted by molar-refractivity contribution is 0.108. The molecule has 1 aliphatic heterocycles. The third-order valence-corrected chi connectivity index (χ3v) is 4.19. The molecule has 0 bridgehead atoms. The number of hydrogen-bond donors (Lipinski definition) is 0. The van der Waals surface area contributed by atoms with E-state index >= 15 is 0 Å². The Hall–Kier alpha value is -1.77. The van der Waals surface area contributed by atoms with Gasteiger partial charge in [0, 0.05) is 17.5 Å². The summed E-state index contributed by atoms with van der Waals surface area (Å²) >= 11 is 0. The topological polar surface area (TPSA) is 28.7 Å². The molecule has 1 saturated heterocycles. The largest absolute Gasteiger partial charge is 0.455 e. The van der Waals surface area contributed by atoms with Crippen LogP contribution in [0.15, 0.2) is 39.9 Å². The maximum Gasteiger partial charge on any atom is 0.151 e. The van der Waals surface area contributed by atoms with Crippen LogP contribution in [0.2, 0.25) is 0 Å². The van der Waals surface area contributed by atoms with E-state index in [9.17, 15) is 0 Å². The lowest BCUT2D eigenvalue weighted by atomic mass is 10.00. The van der Waals surface area contributed by atoms with Crippen LogP contribution in [-0.4, -0.2) is 22.8 Å². The zero-order valence-corrected chi connectivity index (χ0v) is 12.5. The molecule has 2 heterocycles. The molecule has 106 valence electrons. The van der Waals surface area contributed by atoms with Crippen LogP contribution in [0, 0.1) is 0 Å². The molecule has 2 atom stereocenters. The zero-order valence-electron chi connectivity index (χ0n) is 12.5. The Labute approximate surface area is 120 Å². The molecule has 1 fully saturated rings. The lowest BCUT2D eigenvalue weighted by Crippen LogP contribution is -2.40. The predicted molar refractivity (Wildman–Crippen MR) is 83.0 cm³/mol. The molecule has 3 rings (SSSR count). The highest BCUT2D eigenvalue weighted by molar-refractivity contribution is 5.99. The van der Waals surface area contributed by atoms with E-state index in [2.05, 4.69) is 31.0 Å². The molecule has 1 aromatic carbocycles. The maximum absolute atomic E-state index is 5.88. The second-order valence-electron chi connectivity index (χ2n) is 5.84. The first-order valence-corrected chi connectivity index (χ1v) is 7.47. The number of benzene rings is 1. The Morgan fingerprint density at radius 1 is 1.20 bits per heavy atom. The fourth-order valence-electron chi connectivity index (χ4n) is 2.99. The molecule has 3 heteroatoms. The second-order valence-corrected chi connectivity index (χ2v) is 5.84. The van der Waals surface area contributed by atoms with Gasteiger partial charge in [0.2, 0.25) is 0 Å². The number of nitrogens with zero attached hydrogens (tertiary/aromatic N) is 2. The van der Waals surface area contributed by atoms with Crippen molar-refractivity contribution in [1.29, 1.82) is 0 Å². The van der Waals surface area contributed by atoms with Crippen molar-refractivity contribution in [1.82, 2.24) is 5.01 Å². The molecule has 0 aliphatic carbocycles. The van der Waals surface area contributed by atoms with Gasteiger partial charge in [0.1, 0.15) is 5.58 Å². The van der Waals surface area contributed by atoms with Gasteiger partial charge in [-0.15, -0.1) is 0 Å². The first-order valence-electron chi connectivity index (χ1n) is 7.47. The fourth-order valence-corrected chi connectivity index (χ4v) is 2.99. The van der Waals surface area contributed by atoms with E-state index in [0.717, 1.165) is 22.4 Å². The van der Waals surface area contributed by atoms with Crippen LogP contribution in [0.3, 0.4) is 0 Å². The quantitative estimate of drug-likeness (QED) is 0.756. The fraction of sp³-hybridized carbons (Fsp3) is 0.471. The SMILES string of the molecule is C/C(=N/N1[C@H](C)CCC[C@@H]1C)c1cc2ccccc2o1. The van der Waals surface area contributed by atoms with Crippen molar-refractivity contribution in [3.05, 3.63) is 36.1 Å². The first-order chi connectivity index (χ1) is 9.65. The summed E-state index contributed by atoms with van der Waals surface area (Å²) in [5, 5.41) is 8.20. The van der Waals surface area contributed by atoms with E-state index in [-0.39, 0.29) is 0 Å². The first kappa shape index (κ1) is 13.2. The minimum atomic E-state index is 0.512. The second kappa shape index (κ2) is 5.31. The number of hydrogen-bond acceptors (Lipinski definition) is 3. The summed E-state index contributed by atoms with van der Waals surface area (Å²) in [6.45, 7) is 6.54. The Morgan fingerprint density at radius 2 is 1.90 bits per heavy atom. The van der Waals surface area contributed by atoms with E-state index in [1.54, 1.807) is 0 Å². The minimum absolute atomic E-state index is 0.512. The summed E-state index contributed by atoms with van der Waals surface area (Å²) in [4.78, 5) is 0. The highest BCUT2D eigenvalue weighted by atomic mass is 16.3. The van der Waals surface area contributed by atoms with Gasteiger partial charge in [-0.3, -0.25) is 5.01 Å². The average molecular weight is 270 g/mol. The van der Waals surface area contributed by atoms with Gasteiger partial charge in [0.05, 0.1) is 5.71 Å². The highest BCUT2D eigenvalue weighted by Gasteiger charge is 2.23. The van der Waals surface area contributed by atoms with Gasteiger partial charge >= 0.3 is 0 Å². The standard InChI is InChI=1S/C17H22N2O/c1-12-7-6-8-13(2)19(12)18-14(3)17-11-15-9-4-5-10-16(15)20-17/h4-5,9-13H,6-8H2,1-3H3/b18-14-/t12-,13+. The van der Waals surface area contributed by atoms with E-state index in [4.69, 9.17) is 9.52 Å². The number of fused-ring (bicyclic) bond motifs is 1. The molecule has 0 amide bonds. The molecule has 1 aromatic heterocycles. The number of rotatable bonds is 2.